The number of benzene rings is 5. The Morgan fingerprint density at radius 2 is 1.25 bits per heavy atom. The van der Waals surface area contributed by atoms with Crippen LogP contribution in [0.15, 0.2) is 223 Å². The Morgan fingerprint density at radius 1 is 0.694 bits per heavy atom. The Labute approximate surface area is 431 Å². The molecule has 0 radical (unpaired) electrons. The lowest BCUT2D eigenvalue weighted by Crippen LogP contribution is -2.32. The number of nitrogens with one attached hydrogen (secondary N) is 2. The molecule has 2 aromatic heterocycles. The largest absolute Gasteiger partial charge is 0.497 e. The van der Waals surface area contributed by atoms with E-state index in [-0.39, 0.29) is 6.09 Å². The minimum absolute atomic E-state index is 0.350. The quantitative estimate of drug-likeness (QED) is 0.0475. The zero-order valence-corrected chi connectivity index (χ0v) is 43.3. The number of amides is 1. The van der Waals surface area contributed by atoms with Crippen LogP contribution in [0.25, 0.3) is 35.2 Å². The van der Waals surface area contributed by atoms with Crippen LogP contribution in [0.2, 0.25) is 0 Å². The molecule has 380 valence electrons. The molecule has 9 heteroatoms. The number of carbonyl (C=O) groups excluding carboxylic acids is 1. The van der Waals surface area contributed by atoms with Crippen LogP contribution < -0.4 is 15.8 Å². The molecule has 1 amide bonds. The van der Waals surface area contributed by atoms with Gasteiger partial charge in [-0.25, -0.2) is 9.78 Å². The van der Waals surface area contributed by atoms with Crippen molar-refractivity contribution in [1.29, 1.82) is 0 Å². The second-order valence-corrected chi connectivity index (χ2v) is 16.3. The third-order valence-electron chi connectivity index (χ3n) is 9.37. The van der Waals surface area contributed by atoms with Gasteiger partial charge in [-0.2, -0.15) is 0 Å². The first-order valence-electron chi connectivity index (χ1n) is 23.9. The molecule has 0 atom stereocenters. The molecule has 4 N–H and O–H groups in total. The van der Waals surface area contributed by atoms with Crippen molar-refractivity contribution in [2.45, 2.75) is 65.2 Å². The van der Waals surface area contributed by atoms with Crippen LogP contribution in [0.5, 0.6) is 5.75 Å². The lowest BCUT2D eigenvalue weighted by Gasteiger charge is -2.19. The van der Waals surface area contributed by atoms with Gasteiger partial charge in [0, 0.05) is 36.4 Å². The number of nitrogens with zero attached hydrogens (tertiary/aromatic N) is 2. The number of fused-ring (bicyclic) bond motifs is 1. The zero-order valence-electron chi connectivity index (χ0n) is 43.3. The van der Waals surface area contributed by atoms with Crippen LogP contribution in [0.4, 0.5) is 4.79 Å². The predicted octanol–water partition coefficient (Wildman–Crippen LogP) is 15.8. The van der Waals surface area contributed by atoms with Crippen molar-refractivity contribution in [2.75, 3.05) is 20.2 Å². The van der Waals surface area contributed by atoms with E-state index in [2.05, 4.69) is 85.6 Å². The number of H-pyrrole nitrogens is 1. The van der Waals surface area contributed by atoms with Crippen molar-refractivity contribution >= 4 is 41.3 Å². The molecule has 0 saturated carbocycles. The molecule has 0 aliphatic rings. The summed E-state index contributed by atoms with van der Waals surface area (Å²) in [6.07, 6.45) is 21.8. The summed E-state index contributed by atoms with van der Waals surface area (Å²) < 4.78 is 17.1. The molecule has 5 aromatic carbocycles. The fourth-order valence-electron chi connectivity index (χ4n) is 5.70. The highest BCUT2D eigenvalue weighted by atomic mass is 16.6. The number of imidazole rings is 1. The van der Waals surface area contributed by atoms with E-state index in [9.17, 15) is 4.79 Å². The fraction of sp³-hybridized carbons (Fsp3) is 0.206. The average Bonchev–Trinajstić information content (AvgIpc) is 4.07. The monoisotopic (exact) mass is 970 g/mol. The molecular weight excluding hydrogens is 891 g/mol. The maximum Gasteiger partial charge on any atom is 0.407 e. The van der Waals surface area contributed by atoms with Crippen molar-refractivity contribution in [2.24, 2.45) is 5.73 Å². The highest BCUT2D eigenvalue weighted by molar-refractivity contribution is 5.88. The van der Waals surface area contributed by atoms with Gasteiger partial charge in [-0.05, 0) is 105 Å². The summed E-state index contributed by atoms with van der Waals surface area (Å²) in [5.41, 5.74) is 12.7. The summed E-state index contributed by atoms with van der Waals surface area (Å²) in [5.74, 6) is 0.880. The lowest BCUT2D eigenvalue weighted by atomic mass is 10.2. The topological polar surface area (TPSA) is 116 Å². The van der Waals surface area contributed by atoms with Gasteiger partial charge in [-0.3, -0.25) is 0 Å². The SMILES string of the molecule is C=CCCCN.C=CCCCNC(=O)OC(C)(C)C.C=COCc1ccccc1.C=Cc1c[nH]c2ccccc12.C=Cc1ccc(OC)cc1.C=Cc1ccccc1.C=Cc1cn(Cc2ccccc2)cn1. The third kappa shape index (κ3) is 30.4. The van der Waals surface area contributed by atoms with Gasteiger partial charge in [-0.1, -0.05) is 185 Å². The van der Waals surface area contributed by atoms with Crippen molar-refractivity contribution in [1.82, 2.24) is 19.9 Å². The van der Waals surface area contributed by atoms with Gasteiger partial charge in [0.05, 0.1) is 25.4 Å². The molecule has 0 fully saturated rings. The van der Waals surface area contributed by atoms with E-state index in [1.54, 1.807) is 19.3 Å². The first-order chi connectivity index (χ1) is 34.9. The summed E-state index contributed by atoms with van der Waals surface area (Å²) >= 11 is 0. The van der Waals surface area contributed by atoms with Crippen LogP contribution in [-0.4, -0.2) is 46.4 Å². The number of hydrogen-bond donors (Lipinski definition) is 3. The lowest BCUT2D eigenvalue weighted by molar-refractivity contribution is 0.0527. The maximum absolute atomic E-state index is 11.1. The summed E-state index contributed by atoms with van der Waals surface area (Å²) in [6, 6.07) is 46.3. The second-order valence-electron chi connectivity index (χ2n) is 16.3. The van der Waals surface area contributed by atoms with Crippen molar-refractivity contribution in [3.8, 4) is 5.75 Å². The standard InChI is InChI=1S/C12H12N2.C10H19NO2.C10H9N.2C9H10O.C8H8.C5H11N/c1-2-12-9-14(10-13-12)8-11-6-4-3-5-7-11;1-5-6-7-8-11-9(12)13-10(2,3)4;1-2-8-7-11-10-6-4-3-5-9(8)10;1-3-8-4-6-9(10-2)7-5-8;1-2-10-8-9-6-4-3-5-7-9;1-2-8-6-4-3-5-7-8;1-2-3-4-5-6/h2-7,9-10H,1,8H2;5H,1,6-8H2,2-4H3,(H,11,12);2-7,11H,1H2;3-7H,1H2,2H3;2-7H,1,8H2;2-7H,1H2;2H,1,3-6H2. The van der Waals surface area contributed by atoms with Crippen molar-refractivity contribution in [3.63, 3.8) is 0 Å². The number of carbonyl (C=O) groups is 1. The fourth-order valence-corrected chi connectivity index (χ4v) is 5.70. The van der Waals surface area contributed by atoms with E-state index in [0.29, 0.717) is 13.2 Å². The van der Waals surface area contributed by atoms with Gasteiger partial charge in [0.1, 0.15) is 18.0 Å². The van der Waals surface area contributed by atoms with Crippen LogP contribution in [0, 0.1) is 0 Å². The van der Waals surface area contributed by atoms with Crippen LogP contribution >= 0.6 is 0 Å². The Balaban J connectivity index is 0.000000426. The van der Waals surface area contributed by atoms with E-state index in [0.717, 1.165) is 55.8 Å². The minimum atomic E-state index is -0.414. The van der Waals surface area contributed by atoms with Crippen LogP contribution in [-0.2, 0) is 22.6 Å². The predicted molar refractivity (Wildman–Crippen MR) is 309 cm³/mol. The molecule has 2 heterocycles. The van der Waals surface area contributed by atoms with Crippen molar-refractivity contribution < 1.29 is 19.0 Å². The molecule has 0 bridgehead atoms. The van der Waals surface area contributed by atoms with Crippen molar-refractivity contribution in [3.05, 3.63) is 256 Å². The highest BCUT2D eigenvalue weighted by Gasteiger charge is 2.15. The van der Waals surface area contributed by atoms with Gasteiger partial charge in [0.25, 0.3) is 0 Å². The number of rotatable bonds is 17. The number of ether oxygens (including phenoxy) is 3. The highest BCUT2D eigenvalue weighted by Crippen LogP contribution is 2.18. The van der Waals surface area contributed by atoms with E-state index >= 15 is 0 Å². The minimum Gasteiger partial charge on any atom is -0.497 e. The van der Waals surface area contributed by atoms with E-state index in [1.165, 1.54) is 39.4 Å². The van der Waals surface area contributed by atoms with Gasteiger partial charge >= 0.3 is 6.09 Å². The van der Waals surface area contributed by atoms with Crippen LogP contribution in [0.3, 0.4) is 0 Å². The first-order valence-corrected chi connectivity index (χ1v) is 23.9. The number of methoxy groups -OCH3 is 1. The summed E-state index contributed by atoms with van der Waals surface area (Å²) in [5, 5.41) is 3.90. The summed E-state index contributed by atoms with van der Waals surface area (Å²) in [6.45, 7) is 33.7. The Morgan fingerprint density at radius 3 is 1.74 bits per heavy atom. The number of hydrogen-bond acceptors (Lipinski definition) is 6. The zero-order chi connectivity index (χ0) is 53.1. The summed E-state index contributed by atoms with van der Waals surface area (Å²) in [4.78, 5) is 18.4. The van der Waals surface area contributed by atoms with Crippen LogP contribution in [0.1, 0.15) is 80.0 Å². The third-order valence-corrected chi connectivity index (χ3v) is 9.37. The number of aromatic nitrogens is 3. The molecule has 0 saturated heterocycles. The number of nitrogens with two attached hydrogens (primary N) is 1. The molecule has 72 heavy (non-hydrogen) atoms. The van der Waals surface area contributed by atoms with Gasteiger partial charge in [0.15, 0.2) is 0 Å². The first kappa shape index (κ1) is 61.9. The number of unbranched alkanes of at least 4 members (excludes halogenated alkanes) is 2. The number of alkyl carbamates (subject to hydrolysis) is 1. The smallest absolute Gasteiger partial charge is 0.407 e. The number of para-hydroxylation sites is 1. The molecular formula is C63H79N5O4. The normalized spacial score (nSPS) is 9.51. The molecule has 9 nitrogen and oxygen atoms in total. The van der Waals surface area contributed by atoms with Gasteiger partial charge in [-0.15, -0.1) is 13.2 Å². The average molecular weight is 970 g/mol. The van der Waals surface area contributed by atoms with Gasteiger partial charge < -0.3 is 34.8 Å². The molecule has 0 spiro atoms. The van der Waals surface area contributed by atoms with E-state index in [4.69, 9.17) is 19.9 Å². The Hall–Kier alpha value is -8.14. The van der Waals surface area contributed by atoms with Gasteiger partial charge in [0.2, 0.25) is 0 Å². The summed E-state index contributed by atoms with van der Waals surface area (Å²) in [7, 11) is 1.66. The van der Waals surface area contributed by atoms with E-state index in [1.807, 2.05) is 184 Å². The Bertz CT molecular complexity index is 2520. The molecule has 0 aliphatic carbocycles. The number of allylic oxidation sites excluding steroid dienone is 2. The molecule has 0 unspecified atom stereocenters. The molecule has 0 aliphatic heterocycles. The maximum atomic E-state index is 11.1. The second kappa shape index (κ2) is 39.7. The van der Waals surface area contributed by atoms with E-state index < -0.39 is 5.60 Å². The molecule has 7 rings (SSSR count). The molecule has 7 aromatic rings. The Kier molecular flexibility index (Phi) is 34.1. The number of aromatic amines is 1.